The highest BCUT2D eigenvalue weighted by atomic mass is 32.2. The Kier molecular flexibility index (Phi) is 5.52. The number of carbonyl (C=O) groups excluding carboxylic acids is 1. The van der Waals surface area contributed by atoms with Gasteiger partial charge in [-0.05, 0) is 31.0 Å². The Hall–Kier alpha value is -1.60. The van der Waals surface area contributed by atoms with Gasteiger partial charge < -0.3 is 11.1 Å². The van der Waals surface area contributed by atoms with Crippen molar-refractivity contribution in [2.24, 2.45) is 0 Å². The number of anilines is 1. The van der Waals surface area contributed by atoms with E-state index in [1.54, 1.807) is 19.1 Å². The number of nitrogens with one attached hydrogen (secondary N) is 1. The van der Waals surface area contributed by atoms with Gasteiger partial charge in [-0.1, -0.05) is 13.0 Å². The normalized spacial score (nSPS) is 11.6. The van der Waals surface area contributed by atoms with E-state index in [0.717, 1.165) is 0 Å². The van der Waals surface area contributed by atoms with Gasteiger partial charge in [0.2, 0.25) is 15.9 Å². The second-order valence-electron chi connectivity index (χ2n) is 4.48. The lowest BCUT2D eigenvalue weighted by Gasteiger charge is -2.22. The van der Waals surface area contributed by atoms with E-state index in [2.05, 4.69) is 5.32 Å². The van der Waals surface area contributed by atoms with E-state index < -0.39 is 10.0 Å². The Labute approximate surface area is 120 Å². The summed E-state index contributed by atoms with van der Waals surface area (Å²) in [6.07, 6.45) is 0.623. The van der Waals surface area contributed by atoms with Crippen molar-refractivity contribution in [2.75, 3.05) is 25.9 Å². The molecule has 0 unspecified atom stereocenters. The van der Waals surface area contributed by atoms with Crippen LogP contribution in [0.4, 0.5) is 5.69 Å². The summed E-state index contributed by atoms with van der Waals surface area (Å²) in [6, 6.07) is 4.75. The highest BCUT2D eigenvalue weighted by molar-refractivity contribution is 7.89. The summed E-state index contributed by atoms with van der Waals surface area (Å²) in [6.45, 7) is 3.61. The molecular weight excluding hydrogens is 278 g/mol. The number of hydrogen-bond acceptors (Lipinski definition) is 4. The fourth-order valence-electron chi connectivity index (χ4n) is 1.82. The SMILES string of the molecule is CCCN(CC(=O)NC)S(=O)(=O)c1cccc(N)c1C. The molecule has 0 saturated heterocycles. The third-order valence-electron chi connectivity index (χ3n) is 3.02. The van der Waals surface area contributed by atoms with Crippen LogP contribution in [0.2, 0.25) is 0 Å². The van der Waals surface area contributed by atoms with E-state index in [4.69, 9.17) is 5.73 Å². The Bertz CT molecular complexity index is 585. The molecule has 0 spiro atoms. The van der Waals surface area contributed by atoms with Gasteiger partial charge in [0.05, 0.1) is 11.4 Å². The summed E-state index contributed by atoms with van der Waals surface area (Å²) in [5, 5.41) is 2.43. The summed E-state index contributed by atoms with van der Waals surface area (Å²) in [5.41, 5.74) is 6.68. The molecule has 7 heteroatoms. The van der Waals surface area contributed by atoms with Crippen LogP contribution in [0, 0.1) is 6.92 Å². The van der Waals surface area contributed by atoms with Crippen LogP contribution in [0.1, 0.15) is 18.9 Å². The van der Waals surface area contributed by atoms with E-state index in [9.17, 15) is 13.2 Å². The average molecular weight is 299 g/mol. The van der Waals surface area contributed by atoms with Gasteiger partial charge in [-0.2, -0.15) is 4.31 Å². The average Bonchev–Trinajstić information content (AvgIpc) is 2.40. The Morgan fingerprint density at radius 3 is 2.60 bits per heavy atom. The number of nitrogens with two attached hydrogens (primary N) is 1. The lowest BCUT2D eigenvalue weighted by molar-refractivity contribution is -0.120. The first-order valence-electron chi connectivity index (χ1n) is 6.40. The van der Waals surface area contributed by atoms with Gasteiger partial charge in [0.1, 0.15) is 0 Å². The zero-order chi connectivity index (χ0) is 15.3. The van der Waals surface area contributed by atoms with E-state index in [-0.39, 0.29) is 23.9 Å². The number of nitrogen functional groups attached to an aromatic ring is 1. The number of sulfonamides is 1. The van der Waals surface area contributed by atoms with Gasteiger partial charge in [0, 0.05) is 19.3 Å². The van der Waals surface area contributed by atoms with Crippen molar-refractivity contribution in [1.29, 1.82) is 0 Å². The van der Waals surface area contributed by atoms with Crippen molar-refractivity contribution in [2.45, 2.75) is 25.2 Å². The first-order chi connectivity index (χ1) is 9.34. The maximum Gasteiger partial charge on any atom is 0.243 e. The molecular formula is C13H21N3O3S. The zero-order valence-electron chi connectivity index (χ0n) is 12.0. The molecule has 0 bridgehead atoms. The molecule has 1 aromatic carbocycles. The number of nitrogens with zero attached hydrogens (tertiary/aromatic N) is 1. The molecule has 1 aromatic rings. The maximum atomic E-state index is 12.6. The number of benzene rings is 1. The van der Waals surface area contributed by atoms with Crippen molar-refractivity contribution in [3.05, 3.63) is 23.8 Å². The minimum absolute atomic E-state index is 0.148. The van der Waals surface area contributed by atoms with E-state index in [0.29, 0.717) is 17.7 Å². The van der Waals surface area contributed by atoms with Gasteiger partial charge in [0.25, 0.3) is 0 Å². The fraction of sp³-hybridized carbons (Fsp3) is 0.462. The molecule has 112 valence electrons. The highest BCUT2D eigenvalue weighted by Crippen LogP contribution is 2.23. The van der Waals surface area contributed by atoms with Crippen molar-refractivity contribution in [3.8, 4) is 0 Å². The first kappa shape index (κ1) is 16.5. The summed E-state index contributed by atoms with van der Waals surface area (Å²) in [7, 11) is -2.25. The molecule has 6 nitrogen and oxygen atoms in total. The number of amides is 1. The van der Waals surface area contributed by atoms with Gasteiger partial charge >= 0.3 is 0 Å². The Balaban J connectivity index is 3.22. The Morgan fingerprint density at radius 1 is 1.40 bits per heavy atom. The van der Waals surface area contributed by atoms with Crippen LogP contribution in [0.3, 0.4) is 0 Å². The van der Waals surface area contributed by atoms with Gasteiger partial charge in [-0.25, -0.2) is 8.42 Å². The van der Waals surface area contributed by atoms with Crippen LogP contribution in [0.25, 0.3) is 0 Å². The first-order valence-corrected chi connectivity index (χ1v) is 7.84. The smallest absolute Gasteiger partial charge is 0.243 e. The third kappa shape index (κ3) is 3.49. The fourth-order valence-corrected chi connectivity index (χ4v) is 3.57. The van der Waals surface area contributed by atoms with Gasteiger partial charge in [-0.15, -0.1) is 0 Å². The van der Waals surface area contributed by atoms with Crippen molar-refractivity contribution in [1.82, 2.24) is 9.62 Å². The molecule has 0 heterocycles. The van der Waals surface area contributed by atoms with Crippen LogP contribution >= 0.6 is 0 Å². The van der Waals surface area contributed by atoms with Crippen LogP contribution in [-0.2, 0) is 14.8 Å². The summed E-state index contributed by atoms with van der Waals surface area (Å²) < 4.78 is 26.4. The summed E-state index contributed by atoms with van der Waals surface area (Å²) in [4.78, 5) is 11.6. The quantitative estimate of drug-likeness (QED) is 0.757. The monoisotopic (exact) mass is 299 g/mol. The molecule has 0 aliphatic carbocycles. The molecule has 1 rings (SSSR count). The minimum atomic E-state index is -3.73. The minimum Gasteiger partial charge on any atom is -0.398 e. The molecule has 0 aromatic heterocycles. The number of rotatable bonds is 6. The third-order valence-corrected chi connectivity index (χ3v) is 5.01. The maximum absolute atomic E-state index is 12.6. The largest absolute Gasteiger partial charge is 0.398 e. The van der Waals surface area contributed by atoms with E-state index in [1.807, 2.05) is 6.92 Å². The Morgan fingerprint density at radius 2 is 2.05 bits per heavy atom. The molecule has 0 saturated carbocycles. The van der Waals surface area contributed by atoms with Crippen molar-refractivity contribution < 1.29 is 13.2 Å². The van der Waals surface area contributed by atoms with Crippen LogP contribution in [0.5, 0.6) is 0 Å². The van der Waals surface area contributed by atoms with Gasteiger partial charge in [-0.3, -0.25) is 4.79 Å². The molecule has 0 aliphatic rings. The summed E-state index contributed by atoms with van der Waals surface area (Å²) >= 11 is 0. The molecule has 0 atom stereocenters. The second kappa shape index (κ2) is 6.71. The highest BCUT2D eigenvalue weighted by Gasteiger charge is 2.27. The van der Waals surface area contributed by atoms with Crippen molar-refractivity contribution in [3.63, 3.8) is 0 Å². The predicted molar refractivity (Wildman–Crippen MR) is 78.7 cm³/mol. The van der Waals surface area contributed by atoms with Crippen LogP contribution in [0.15, 0.2) is 23.1 Å². The lowest BCUT2D eigenvalue weighted by Crippen LogP contribution is -2.40. The second-order valence-corrected chi connectivity index (χ2v) is 6.39. The lowest BCUT2D eigenvalue weighted by atomic mass is 10.2. The van der Waals surface area contributed by atoms with Gasteiger partial charge in [0.15, 0.2) is 0 Å². The topological polar surface area (TPSA) is 92.5 Å². The van der Waals surface area contributed by atoms with Crippen molar-refractivity contribution >= 4 is 21.6 Å². The summed E-state index contributed by atoms with van der Waals surface area (Å²) in [5.74, 6) is -0.344. The zero-order valence-corrected chi connectivity index (χ0v) is 12.8. The van der Waals surface area contributed by atoms with Crippen LogP contribution in [-0.4, -0.2) is 38.8 Å². The number of hydrogen-bond donors (Lipinski definition) is 2. The molecule has 0 fully saturated rings. The predicted octanol–water partition coefficient (Wildman–Crippen LogP) is 0.724. The molecule has 1 amide bonds. The number of carbonyl (C=O) groups is 1. The number of likely N-dealkylation sites (N-methyl/N-ethyl adjacent to an activating group) is 1. The van der Waals surface area contributed by atoms with E-state index in [1.165, 1.54) is 17.4 Å². The standard InChI is InChI=1S/C13H21N3O3S/c1-4-8-16(9-13(17)15-3)20(18,19)12-7-5-6-11(14)10(12)2/h5-7H,4,8-9,14H2,1-3H3,(H,15,17). The molecule has 0 aliphatic heterocycles. The molecule has 0 radical (unpaired) electrons. The van der Waals surface area contributed by atoms with E-state index >= 15 is 0 Å². The molecule has 3 N–H and O–H groups in total. The molecule has 20 heavy (non-hydrogen) atoms. The van der Waals surface area contributed by atoms with Crippen LogP contribution < -0.4 is 11.1 Å².